The summed E-state index contributed by atoms with van der Waals surface area (Å²) in [6.07, 6.45) is 0.869. The maximum Gasteiger partial charge on any atom is 0.249 e. The number of nitrogens with two attached hydrogens (primary N) is 1. The van der Waals surface area contributed by atoms with E-state index in [1.54, 1.807) is 6.07 Å². The van der Waals surface area contributed by atoms with E-state index in [1.165, 1.54) is 5.56 Å². The molecule has 32 heavy (non-hydrogen) atoms. The Morgan fingerprint density at radius 1 is 1.19 bits per heavy atom. The molecule has 1 unspecified atom stereocenters. The number of carbonyl (C=O) groups excluding carboxylic acids is 1. The lowest BCUT2D eigenvalue weighted by molar-refractivity contribution is 0.100. The van der Waals surface area contributed by atoms with Crippen molar-refractivity contribution in [1.82, 2.24) is 19.9 Å². The molecule has 2 aromatic heterocycles. The van der Waals surface area contributed by atoms with Gasteiger partial charge >= 0.3 is 0 Å². The van der Waals surface area contributed by atoms with Crippen LogP contribution in [0.4, 0.5) is 5.82 Å². The number of aromatic nitrogens is 3. The SMILES string of the molecule is Cc1cc2c(C(N)=O)cccc2n1-c1nc(NCc2ccccc2)c2c(n1)C(C)NCC2. The van der Waals surface area contributed by atoms with Gasteiger partial charge in [0.1, 0.15) is 5.82 Å². The molecule has 3 heterocycles. The molecular weight excluding hydrogens is 400 g/mol. The van der Waals surface area contributed by atoms with Crippen LogP contribution in [0, 0.1) is 6.92 Å². The second kappa shape index (κ2) is 8.09. The van der Waals surface area contributed by atoms with Crippen molar-refractivity contribution in [3.8, 4) is 5.95 Å². The summed E-state index contributed by atoms with van der Waals surface area (Å²) in [6, 6.07) is 17.9. The Bertz CT molecular complexity index is 1310. The summed E-state index contributed by atoms with van der Waals surface area (Å²) in [5.41, 5.74) is 11.3. The maximum absolute atomic E-state index is 11.9. The third-order valence-electron chi connectivity index (χ3n) is 6.06. The second-order valence-electron chi connectivity index (χ2n) is 8.22. The predicted molar refractivity (Wildman–Crippen MR) is 126 cm³/mol. The Morgan fingerprint density at radius 3 is 2.78 bits per heavy atom. The van der Waals surface area contributed by atoms with Gasteiger partial charge in [-0.2, -0.15) is 4.98 Å². The number of anilines is 1. The molecule has 0 saturated carbocycles. The highest BCUT2D eigenvalue weighted by Crippen LogP contribution is 2.30. The molecule has 4 N–H and O–H groups in total. The summed E-state index contributed by atoms with van der Waals surface area (Å²) in [7, 11) is 0. The summed E-state index contributed by atoms with van der Waals surface area (Å²) in [4.78, 5) is 21.9. The molecule has 0 spiro atoms. The molecule has 7 heteroatoms. The van der Waals surface area contributed by atoms with Gasteiger partial charge in [-0.15, -0.1) is 0 Å². The average Bonchev–Trinajstić information content (AvgIpc) is 3.14. The van der Waals surface area contributed by atoms with Gasteiger partial charge in [0.05, 0.1) is 11.2 Å². The van der Waals surface area contributed by atoms with Crippen LogP contribution in [0.25, 0.3) is 16.9 Å². The number of rotatable bonds is 5. The van der Waals surface area contributed by atoms with Gasteiger partial charge in [0, 0.05) is 34.8 Å². The second-order valence-corrected chi connectivity index (χ2v) is 8.22. The number of nitrogens with one attached hydrogen (secondary N) is 2. The lowest BCUT2D eigenvalue weighted by atomic mass is 10.0. The minimum Gasteiger partial charge on any atom is -0.366 e. The van der Waals surface area contributed by atoms with Crippen LogP contribution < -0.4 is 16.4 Å². The van der Waals surface area contributed by atoms with Gasteiger partial charge in [-0.1, -0.05) is 36.4 Å². The van der Waals surface area contributed by atoms with Crippen LogP contribution in [0.3, 0.4) is 0 Å². The van der Waals surface area contributed by atoms with Crippen molar-refractivity contribution in [2.24, 2.45) is 5.73 Å². The van der Waals surface area contributed by atoms with E-state index in [0.717, 1.165) is 46.6 Å². The third-order valence-corrected chi connectivity index (χ3v) is 6.06. The van der Waals surface area contributed by atoms with Gasteiger partial charge in [-0.25, -0.2) is 4.98 Å². The molecular formula is C25H26N6O. The Balaban J connectivity index is 1.65. The average molecular weight is 427 g/mol. The van der Waals surface area contributed by atoms with Crippen LogP contribution in [0.15, 0.2) is 54.6 Å². The number of primary amides is 1. The first-order chi connectivity index (χ1) is 15.5. The summed E-state index contributed by atoms with van der Waals surface area (Å²) >= 11 is 0. The van der Waals surface area contributed by atoms with E-state index in [2.05, 4.69) is 29.7 Å². The quantitative estimate of drug-likeness (QED) is 0.453. The van der Waals surface area contributed by atoms with Crippen LogP contribution in [-0.4, -0.2) is 27.0 Å². The topological polar surface area (TPSA) is 97.9 Å². The fraction of sp³-hybridized carbons (Fsp3) is 0.240. The molecule has 7 nitrogen and oxygen atoms in total. The molecule has 162 valence electrons. The Morgan fingerprint density at radius 2 is 2.00 bits per heavy atom. The van der Waals surface area contributed by atoms with Crippen molar-refractivity contribution >= 4 is 22.6 Å². The summed E-state index contributed by atoms with van der Waals surface area (Å²) in [5, 5.41) is 7.85. The van der Waals surface area contributed by atoms with Crippen LogP contribution in [0.2, 0.25) is 0 Å². The first-order valence-corrected chi connectivity index (χ1v) is 10.9. The fourth-order valence-electron chi connectivity index (χ4n) is 4.48. The Kier molecular flexibility index (Phi) is 5.11. The van der Waals surface area contributed by atoms with Crippen molar-refractivity contribution in [3.05, 3.63) is 82.7 Å². The van der Waals surface area contributed by atoms with Crippen molar-refractivity contribution < 1.29 is 4.79 Å². The van der Waals surface area contributed by atoms with Gasteiger partial charge in [-0.3, -0.25) is 9.36 Å². The molecule has 0 aliphatic carbocycles. The number of nitrogens with zero attached hydrogens (tertiary/aromatic N) is 3. The predicted octanol–water partition coefficient (Wildman–Crippen LogP) is 3.65. The fourth-order valence-corrected chi connectivity index (χ4v) is 4.48. The molecule has 1 amide bonds. The normalized spacial score (nSPS) is 15.5. The molecule has 1 atom stereocenters. The van der Waals surface area contributed by atoms with E-state index < -0.39 is 5.91 Å². The number of hydrogen-bond acceptors (Lipinski definition) is 5. The zero-order valence-electron chi connectivity index (χ0n) is 18.2. The van der Waals surface area contributed by atoms with E-state index in [4.69, 9.17) is 15.7 Å². The summed E-state index contributed by atoms with van der Waals surface area (Å²) in [5.74, 6) is 1.00. The molecule has 0 bridgehead atoms. The maximum atomic E-state index is 11.9. The van der Waals surface area contributed by atoms with Gasteiger partial charge < -0.3 is 16.4 Å². The highest BCUT2D eigenvalue weighted by atomic mass is 16.1. The van der Waals surface area contributed by atoms with Crippen LogP contribution >= 0.6 is 0 Å². The number of hydrogen-bond donors (Lipinski definition) is 3. The monoisotopic (exact) mass is 426 g/mol. The molecule has 1 aliphatic heterocycles. The largest absolute Gasteiger partial charge is 0.366 e. The van der Waals surface area contributed by atoms with E-state index in [0.29, 0.717) is 18.1 Å². The zero-order valence-corrected chi connectivity index (χ0v) is 18.2. The number of amides is 1. The number of aryl methyl sites for hydroxylation is 1. The first-order valence-electron chi connectivity index (χ1n) is 10.9. The highest BCUT2D eigenvalue weighted by molar-refractivity contribution is 6.06. The Hall–Kier alpha value is -3.71. The van der Waals surface area contributed by atoms with E-state index >= 15 is 0 Å². The van der Waals surface area contributed by atoms with Crippen molar-refractivity contribution in [3.63, 3.8) is 0 Å². The van der Waals surface area contributed by atoms with Gasteiger partial charge in [0.25, 0.3) is 0 Å². The minimum atomic E-state index is -0.442. The molecule has 1 aliphatic rings. The standard InChI is InChI=1S/C25H26N6O/c1-15-13-20-18(23(26)32)9-6-10-21(20)31(15)25-29-22-16(2)27-12-11-19(22)24(30-25)28-14-17-7-4-3-5-8-17/h3-10,13,16,27H,11-12,14H2,1-2H3,(H2,26,32)(H,28,29,30). The highest BCUT2D eigenvalue weighted by Gasteiger charge is 2.24. The molecule has 0 fully saturated rings. The van der Waals surface area contributed by atoms with E-state index in [9.17, 15) is 4.79 Å². The van der Waals surface area contributed by atoms with Gasteiger partial charge in [0.15, 0.2) is 0 Å². The van der Waals surface area contributed by atoms with E-state index in [-0.39, 0.29) is 6.04 Å². The summed E-state index contributed by atoms with van der Waals surface area (Å²) in [6.45, 7) is 5.70. The first kappa shape index (κ1) is 20.2. The van der Waals surface area contributed by atoms with Gasteiger partial charge in [-0.05, 0) is 50.6 Å². The number of carbonyl (C=O) groups is 1. The van der Waals surface area contributed by atoms with Crippen LogP contribution in [0.5, 0.6) is 0 Å². The Labute approximate surface area is 186 Å². The zero-order chi connectivity index (χ0) is 22.2. The third kappa shape index (κ3) is 3.50. The van der Waals surface area contributed by atoms with Crippen LogP contribution in [0.1, 0.15) is 45.8 Å². The molecule has 0 saturated heterocycles. The molecule has 5 rings (SSSR count). The summed E-state index contributed by atoms with van der Waals surface area (Å²) < 4.78 is 2.00. The van der Waals surface area contributed by atoms with Crippen molar-refractivity contribution in [2.45, 2.75) is 32.9 Å². The lowest BCUT2D eigenvalue weighted by Crippen LogP contribution is -2.30. The smallest absolute Gasteiger partial charge is 0.249 e. The van der Waals surface area contributed by atoms with Crippen LogP contribution in [-0.2, 0) is 13.0 Å². The number of fused-ring (bicyclic) bond motifs is 2. The van der Waals surface area contributed by atoms with Crippen molar-refractivity contribution in [2.75, 3.05) is 11.9 Å². The molecule has 2 aromatic carbocycles. The van der Waals surface area contributed by atoms with Gasteiger partial charge in [0.2, 0.25) is 11.9 Å². The minimum absolute atomic E-state index is 0.126. The van der Waals surface area contributed by atoms with Crippen molar-refractivity contribution in [1.29, 1.82) is 0 Å². The molecule has 4 aromatic rings. The molecule has 0 radical (unpaired) electrons. The van der Waals surface area contributed by atoms with E-state index in [1.807, 2.05) is 47.9 Å². The lowest BCUT2D eigenvalue weighted by Gasteiger charge is -2.26. The number of benzene rings is 2.